The monoisotopic (exact) mass is 177 g/mol. The minimum Gasteiger partial charge on any atom is -0.306 e. The fourth-order valence-corrected chi connectivity index (χ4v) is 4.94. The maximum atomic E-state index is 5.95. The Morgan fingerprint density at radius 3 is 2.60 bits per heavy atom. The number of hydrogen-bond donors (Lipinski definition) is 1. The van der Waals surface area contributed by atoms with E-state index in [9.17, 15) is 0 Å². The van der Waals surface area contributed by atoms with Crippen molar-refractivity contribution < 1.29 is 0 Å². The van der Waals surface area contributed by atoms with E-state index in [4.69, 9.17) is 5.50 Å². The van der Waals surface area contributed by atoms with Crippen molar-refractivity contribution in [2.75, 3.05) is 12.3 Å². The van der Waals surface area contributed by atoms with Gasteiger partial charge < -0.3 is 5.50 Å². The van der Waals surface area contributed by atoms with Gasteiger partial charge in [0.05, 0.1) is 0 Å². The molecule has 1 aliphatic heterocycles. The average Bonchev–Trinajstić information content (AvgIpc) is 2.02. The molecule has 1 rings (SSSR count). The van der Waals surface area contributed by atoms with Gasteiger partial charge in [-0.2, -0.15) is 0 Å². The molecular formula is C7H17NP2. The Labute approximate surface area is 66.6 Å². The summed E-state index contributed by atoms with van der Waals surface area (Å²) in [6, 6.07) is 0. The van der Waals surface area contributed by atoms with Gasteiger partial charge in [0.15, 0.2) is 0 Å². The van der Waals surface area contributed by atoms with E-state index in [1.165, 1.54) is 44.4 Å². The molecule has 1 saturated heterocycles. The van der Waals surface area contributed by atoms with Crippen LogP contribution < -0.4 is 5.50 Å². The zero-order valence-electron chi connectivity index (χ0n) is 6.47. The fourth-order valence-electron chi connectivity index (χ4n) is 1.24. The van der Waals surface area contributed by atoms with E-state index in [0.29, 0.717) is 0 Å². The lowest BCUT2D eigenvalue weighted by Gasteiger charge is -2.08. The highest BCUT2D eigenvalue weighted by Gasteiger charge is 2.03. The average molecular weight is 177 g/mol. The van der Waals surface area contributed by atoms with E-state index in [-0.39, 0.29) is 7.76 Å². The summed E-state index contributed by atoms with van der Waals surface area (Å²) >= 11 is 0. The first-order valence-corrected chi connectivity index (χ1v) is 7.80. The normalized spacial score (nSPS) is 32.7. The maximum Gasteiger partial charge on any atom is -0.0159 e. The SMILES string of the molecule is NP1CCCCCCCP1. The zero-order valence-corrected chi connectivity index (χ0v) is 8.37. The van der Waals surface area contributed by atoms with Crippen molar-refractivity contribution in [2.45, 2.75) is 32.1 Å². The van der Waals surface area contributed by atoms with Crippen molar-refractivity contribution in [3.63, 3.8) is 0 Å². The molecule has 3 heteroatoms. The van der Waals surface area contributed by atoms with Gasteiger partial charge in [-0.3, -0.25) is 0 Å². The van der Waals surface area contributed by atoms with Gasteiger partial charge in [0.1, 0.15) is 0 Å². The molecule has 0 aromatic heterocycles. The van der Waals surface area contributed by atoms with Gasteiger partial charge in [-0.15, -0.1) is 0 Å². The van der Waals surface area contributed by atoms with Gasteiger partial charge in [-0.25, -0.2) is 0 Å². The zero-order chi connectivity index (χ0) is 7.23. The van der Waals surface area contributed by atoms with Gasteiger partial charge >= 0.3 is 0 Å². The third kappa shape index (κ3) is 3.86. The first-order valence-electron chi connectivity index (χ1n) is 4.15. The first-order chi connectivity index (χ1) is 4.89. The highest BCUT2D eigenvalue weighted by Crippen LogP contribution is 2.49. The molecule has 1 heterocycles. The Morgan fingerprint density at radius 2 is 1.70 bits per heavy atom. The van der Waals surface area contributed by atoms with Crippen molar-refractivity contribution in [3.05, 3.63) is 0 Å². The molecule has 2 unspecified atom stereocenters. The Bertz CT molecular complexity index is 77.7. The summed E-state index contributed by atoms with van der Waals surface area (Å²) in [5.41, 5.74) is 5.95. The number of nitrogens with two attached hydrogens (primary N) is 1. The fraction of sp³-hybridized carbons (Fsp3) is 1.00. The van der Waals surface area contributed by atoms with Crippen molar-refractivity contribution in [3.8, 4) is 0 Å². The van der Waals surface area contributed by atoms with Crippen LogP contribution in [0.3, 0.4) is 0 Å². The van der Waals surface area contributed by atoms with Crippen LogP contribution in [0, 0.1) is 0 Å². The lowest BCUT2D eigenvalue weighted by molar-refractivity contribution is 0.663. The molecule has 2 atom stereocenters. The Balaban J connectivity index is 2.15. The molecule has 1 aliphatic rings. The van der Waals surface area contributed by atoms with Crippen LogP contribution >= 0.6 is 16.0 Å². The molecule has 60 valence electrons. The third-order valence-corrected chi connectivity index (χ3v) is 6.23. The number of hydrogen-bond acceptors (Lipinski definition) is 1. The van der Waals surface area contributed by atoms with Crippen LogP contribution in [0.15, 0.2) is 0 Å². The molecule has 0 bridgehead atoms. The summed E-state index contributed by atoms with van der Waals surface area (Å²) in [6.07, 6.45) is 9.93. The second kappa shape index (κ2) is 5.47. The summed E-state index contributed by atoms with van der Waals surface area (Å²) in [6.45, 7) is 0. The van der Waals surface area contributed by atoms with Gasteiger partial charge in [-0.1, -0.05) is 27.5 Å². The van der Waals surface area contributed by atoms with Crippen LogP contribution in [0.2, 0.25) is 0 Å². The van der Waals surface area contributed by atoms with E-state index in [1.807, 2.05) is 0 Å². The van der Waals surface area contributed by atoms with Crippen molar-refractivity contribution in [1.82, 2.24) is 0 Å². The molecule has 0 aliphatic carbocycles. The number of rotatable bonds is 0. The molecule has 0 spiro atoms. The van der Waals surface area contributed by atoms with Gasteiger partial charge in [0, 0.05) is 0 Å². The Kier molecular flexibility index (Phi) is 4.87. The molecule has 1 fully saturated rings. The van der Waals surface area contributed by atoms with E-state index in [2.05, 4.69) is 0 Å². The molecule has 0 radical (unpaired) electrons. The summed E-state index contributed by atoms with van der Waals surface area (Å²) in [4.78, 5) is 0. The molecule has 0 saturated carbocycles. The Hall–Kier alpha value is 0.820. The summed E-state index contributed by atoms with van der Waals surface area (Å²) < 4.78 is 0. The van der Waals surface area contributed by atoms with Crippen LogP contribution in [0.1, 0.15) is 32.1 Å². The summed E-state index contributed by atoms with van der Waals surface area (Å²) in [7, 11) is 1.08. The Morgan fingerprint density at radius 1 is 1.00 bits per heavy atom. The van der Waals surface area contributed by atoms with E-state index >= 15 is 0 Å². The lowest BCUT2D eigenvalue weighted by atomic mass is 10.2. The van der Waals surface area contributed by atoms with Crippen molar-refractivity contribution in [1.29, 1.82) is 0 Å². The standard InChI is InChI=1S/C7H17NP2/c8-10-7-5-3-1-2-4-6-9-10/h9H,1-8H2. The van der Waals surface area contributed by atoms with E-state index in [1.54, 1.807) is 0 Å². The summed E-state index contributed by atoms with van der Waals surface area (Å²) in [5.74, 6) is 0. The molecule has 0 aromatic carbocycles. The van der Waals surface area contributed by atoms with E-state index in [0.717, 1.165) is 8.27 Å². The van der Waals surface area contributed by atoms with Crippen molar-refractivity contribution >= 4 is 16.0 Å². The van der Waals surface area contributed by atoms with Crippen molar-refractivity contribution in [2.24, 2.45) is 5.50 Å². The second-order valence-electron chi connectivity index (χ2n) is 2.87. The largest absolute Gasteiger partial charge is 0.306 e. The first kappa shape index (κ1) is 8.91. The topological polar surface area (TPSA) is 26.0 Å². The van der Waals surface area contributed by atoms with E-state index < -0.39 is 0 Å². The van der Waals surface area contributed by atoms with Crippen LogP contribution in [0.4, 0.5) is 0 Å². The van der Waals surface area contributed by atoms with Crippen LogP contribution in [0.5, 0.6) is 0 Å². The highest BCUT2D eigenvalue weighted by atomic mass is 32.1. The quantitative estimate of drug-likeness (QED) is 0.565. The van der Waals surface area contributed by atoms with Gasteiger partial charge in [0.25, 0.3) is 0 Å². The predicted octanol–water partition coefficient (Wildman–Crippen LogP) is 2.90. The minimum absolute atomic E-state index is 0.0246. The van der Waals surface area contributed by atoms with Gasteiger partial charge in [0.2, 0.25) is 0 Å². The van der Waals surface area contributed by atoms with Gasteiger partial charge in [-0.05, 0) is 32.9 Å². The highest BCUT2D eigenvalue weighted by molar-refractivity contribution is 8.20. The molecule has 1 nitrogen and oxygen atoms in total. The molecule has 0 aromatic rings. The predicted molar refractivity (Wildman–Crippen MR) is 52.2 cm³/mol. The molecule has 10 heavy (non-hydrogen) atoms. The van der Waals surface area contributed by atoms with Crippen LogP contribution in [-0.2, 0) is 0 Å². The third-order valence-electron chi connectivity index (χ3n) is 1.89. The molecule has 0 amide bonds. The van der Waals surface area contributed by atoms with Crippen LogP contribution in [-0.4, -0.2) is 12.3 Å². The lowest BCUT2D eigenvalue weighted by Crippen LogP contribution is -1.88. The second-order valence-corrected chi connectivity index (χ2v) is 7.74. The summed E-state index contributed by atoms with van der Waals surface area (Å²) in [5, 5.41) is 0. The minimum atomic E-state index is -0.0246. The molecular weight excluding hydrogens is 160 g/mol. The maximum absolute atomic E-state index is 5.95. The molecule has 2 N–H and O–H groups in total. The van der Waals surface area contributed by atoms with Crippen LogP contribution in [0.25, 0.3) is 0 Å². The smallest absolute Gasteiger partial charge is 0.0159 e.